The van der Waals surface area contributed by atoms with Crippen LogP contribution in [0, 0.1) is 11.3 Å². The zero-order chi connectivity index (χ0) is 10.5. The highest BCUT2D eigenvalue weighted by Crippen LogP contribution is 2.14. The highest BCUT2D eigenvalue weighted by Gasteiger charge is 2.15. The van der Waals surface area contributed by atoms with Crippen molar-refractivity contribution in [3.05, 3.63) is 18.1 Å². The second-order valence-electron chi connectivity index (χ2n) is 3.28. The Morgan fingerprint density at radius 3 is 2.73 bits per heavy atom. The van der Waals surface area contributed by atoms with Crippen molar-refractivity contribution in [3.63, 3.8) is 0 Å². The molecule has 0 unspecified atom stereocenters. The molecule has 1 saturated heterocycles. The van der Waals surface area contributed by atoms with Crippen LogP contribution in [0.5, 0.6) is 5.88 Å². The molecule has 0 radical (unpaired) electrons. The van der Waals surface area contributed by atoms with Crippen LogP contribution in [-0.2, 0) is 4.74 Å². The predicted molar refractivity (Wildman–Crippen MR) is 51.2 cm³/mol. The summed E-state index contributed by atoms with van der Waals surface area (Å²) in [4.78, 5) is 7.88. The monoisotopic (exact) mass is 205 g/mol. The van der Waals surface area contributed by atoms with Crippen LogP contribution in [0.25, 0.3) is 0 Å². The Morgan fingerprint density at radius 1 is 1.33 bits per heavy atom. The van der Waals surface area contributed by atoms with Crippen molar-refractivity contribution in [2.45, 2.75) is 18.9 Å². The van der Waals surface area contributed by atoms with Crippen LogP contribution in [-0.4, -0.2) is 29.3 Å². The van der Waals surface area contributed by atoms with Crippen molar-refractivity contribution in [3.8, 4) is 11.9 Å². The molecule has 5 nitrogen and oxygen atoms in total. The Hall–Kier alpha value is -1.67. The molecule has 0 spiro atoms. The molecule has 0 N–H and O–H groups in total. The Balaban J connectivity index is 1.95. The summed E-state index contributed by atoms with van der Waals surface area (Å²) in [5, 5.41) is 8.54. The summed E-state index contributed by atoms with van der Waals surface area (Å²) in [6, 6.07) is 1.91. The maximum absolute atomic E-state index is 8.54. The average molecular weight is 205 g/mol. The van der Waals surface area contributed by atoms with Crippen LogP contribution in [0.2, 0.25) is 0 Å². The molecule has 1 aliphatic rings. The van der Waals surface area contributed by atoms with E-state index in [-0.39, 0.29) is 6.10 Å². The van der Waals surface area contributed by atoms with E-state index < -0.39 is 0 Å². The molecule has 0 aliphatic carbocycles. The van der Waals surface area contributed by atoms with E-state index in [4.69, 9.17) is 14.7 Å². The number of aromatic nitrogens is 2. The molecule has 15 heavy (non-hydrogen) atoms. The Bertz CT molecular complexity index is 352. The van der Waals surface area contributed by atoms with Crippen LogP contribution in [0.4, 0.5) is 0 Å². The van der Waals surface area contributed by atoms with Crippen LogP contribution in [0.1, 0.15) is 18.5 Å². The highest BCUT2D eigenvalue weighted by molar-refractivity contribution is 5.18. The summed E-state index contributed by atoms with van der Waals surface area (Å²) in [6.07, 6.45) is 4.80. The topological polar surface area (TPSA) is 68.0 Å². The van der Waals surface area contributed by atoms with Crippen molar-refractivity contribution in [2.24, 2.45) is 0 Å². The van der Waals surface area contributed by atoms with Gasteiger partial charge >= 0.3 is 0 Å². The van der Waals surface area contributed by atoms with E-state index in [1.807, 2.05) is 6.07 Å². The number of hydrogen-bond donors (Lipinski definition) is 0. The van der Waals surface area contributed by atoms with Gasteiger partial charge in [0.25, 0.3) is 0 Å². The van der Waals surface area contributed by atoms with Gasteiger partial charge in [-0.05, 0) is 0 Å². The number of rotatable bonds is 2. The number of nitrogens with zero attached hydrogens (tertiary/aromatic N) is 3. The lowest BCUT2D eigenvalue weighted by atomic mass is 10.2. The van der Waals surface area contributed by atoms with Crippen molar-refractivity contribution >= 4 is 0 Å². The van der Waals surface area contributed by atoms with E-state index in [1.54, 1.807) is 0 Å². The molecule has 0 amide bonds. The van der Waals surface area contributed by atoms with Gasteiger partial charge in [0.05, 0.1) is 25.6 Å². The summed E-state index contributed by atoms with van der Waals surface area (Å²) >= 11 is 0. The first kappa shape index (κ1) is 9.87. The first-order valence-corrected chi connectivity index (χ1v) is 4.85. The first-order chi connectivity index (χ1) is 7.38. The lowest BCUT2D eigenvalue weighted by Crippen LogP contribution is -2.26. The predicted octanol–water partition coefficient (Wildman–Crippen LogP) is 0.906. The van der Waals surface area contributed by atoms with Crippen LogP contribution >= 0.6 is 0 Å². The lowest BCUT2D eigenvalue weighted by Gasteiger charge is -2.22. The molecular weight excluding hydrogens is 194 g/mol. The Labute approximate surface area is 87.7 Å². The minimum Gasteiger partial charge on any atom is -0.473 e. The molecule has 5 heteroatoms. The van der Waals surface area contributed by atoms with Gasteiger partial charge in [0.15, 0.2) is 5.69 Å². The molecule has 0 atom stereocenters. The van der Waals surface area contributed by atoms with E-state index in [0.29, 0.717) is 11.6 Å². The van der Waals surface area contributed by atoms with E-state index in [2.05, 4.69) is 9.97 Å². The maximum Gasteiger partial charge on any atom is 0.232 e. The van der Waals surface area contributed by atoms with E-state index in [1.165, 1.54) is 12.4 Å². The van der Waals surface area contributed by atoms with Crippen molar-refractivity contribution < 1.29 is 9.47 Å². The lowest BCUT2D eigenvalue weighted by molar-refractivity contribution is 0.0235. The number of ether oxygens (including phenoxy) is 2. The van der Waals surface area contributed by atoms with E-state index in [9.17, 15) is 0 Å². The normalized spacial score (nSPS) is 17.0. The van der Waals surface area contributed by atoms with Gasteiger partial charge in [0.1, 0.15) is 12.2 Å². The van der Waals surface area contributed by atoms with Gasteiger partial charge in [0, 0.05) is 12.8 Å². The largest absolute Gasteiger partial charge is 0.473 e. The standard InChI is InChI=1S/C10H11N3O2/c11-5-8-6-13-10(7-12-8)15-9-1-3-14-4-2-9/h6-7,9H,1-4H2. The Morgan fingerprint density at radius 2 is 2.13 bits per heavy atom. The van der Waals surface area contributed by atoms with Crippen LogP contribution in [0.15, 0.2) is 12.4 Å². The SMILES string of the molecule is N#Cc1cnc(OC2CCOCC2)cn1. The molecule has 2 heterocycles. The second-order valence-corrected chi connectivity index (χ2v) is 3.28. The van der Waals surface area contributed by atoms with Gasteiger partial charge in [-0.25, -0.2) is 9.97 Å². The fraction of sp³-hybridized carbons (Fsp3) is 0.500. The van der Waals surface area contributed by atoms with Crippen molar-refractivity contribution in [1.82, 2.24) is 9.97 Å². The van der Waals surface area contributed by atoms with Crippen molar-refractivity contribution in [1.29, 1.82) is 5.26 Å². The fourth-order valence-electron chi connectivity index (χ4n) is 1.40. The van der Waals surface area contributed by atoms with Crippen LogP contribution < -0.4 is 4.74 Å². The molecule has 1 fully saturated rings. The van der Waals surface area contributed by atoms with E-state index in [0.717, 1.165) is 26.1 Å². The smallest absolute Gasteiger partial charge is 0.232 e. The minimum atomic E-state index is 0.154. The quantitative estimate of drug-likeness (QED) is 0.717. The van der Waals surface area contributed by atoms with Crippen LogP contribution in [0.3, 0.4) is 0 Å². The summed E-state index contributed by atoms with van der Waals surface area (Å²) in [5.41, 5.74) is 0.300. The molecular formula is C10H11N3O2. The third kappa shape index (κ3) is 2.64. The average Bonchev–Trinajstić information content (AvgIpc) is 2.31. The van der Waals surface area contributed by atoms with Gasteiger partial charge in [-0.1, -0.05) is 0 Å². The van der Waals surface area contributed by atoms with E-state index >= 15 is 0 Å². The first-order valence-electron chi connectivity index (χ1n) is 4.85. The molecule has 1 aliphatic heterocycles. The summed E-state index contributed by atoms with van der Waals surface area (Å²) in [7, 11) is 0. The molecule has 1 aromatic heterocycles. The highest BCUT2D eigenvalue weighted by atomic mass is 16.5. The van der Waals surface area contributed by atoms with Crippen molar-refractivity contribution in [2.75, 3.05) is 13.2 Å². The summed E-state index contributed by atoms with van der Waals surface area (Å²) in [6.45, 7) is 1.46. The van der Waals surface area contributed by atoms with Gasteiger partial charge < -0.3 is 9.47 Å². The maximum atomic E-state index is 8.54. The zero-order valence-electron chi connectivity index (χ0n) is 8.22. The van der Waals surface area contributed by atoms with Gasteiger partial charge in [-0.3, -0.25) is 0 Å². The Kier molecular flexibility index (Phi) is 3.10. The molecule has 2 rings (SSSR count). The van der Waals surface area contributed by atoms with Gasteiger partial charge in [-0.2, -0.15) is 5.26 Å². The third-order valence-electron chi connectivity index (χ3n) is 2.20. The fourth-order valence-corrected chi connectivity index (χ4v) is 1.40. The molecule has 78 valence electrons. The number of nitriles is 1. The third-order valence-corrected chi connectivity index (χ3v) is 2.20. The number of hydrogen-bond acceptors (Lipinski definition) is 5. The molecule has 0 bridgehead atoms. The summed E-state index contributed by atoms with van der Waals surface area (Å²) < 4.78 is 10.8. The van der Waals surface area contributed by atoms with Gasteiger partial charge in [0.2, 0.25) is 5.88 Å². The molecule has 0 saturated carbocycles. The second kappa shape index (κ2) is 4.71. The van der Waals surface area contributed by atoms with Gasteiger partial charge in [-0.15, -0.1) is 0 Å². The summed E-state index contributed by atoms with van der Waals surface area (Å²) in [5.74, 6) is 0.473. The molecule has 1 aromatic rings. The molecule has 0 aromatic carbocycles. The minimum absolute atomic E-state index is 0.154. The zero-order valence-corrected chi connectivity index (χ0v) is 8.22.